The van der Waals surface area contributed by atoms with Crippen LogP contribution in [-0.4, -0.2) is 13.2 Å². The lowest BCUT2D eigenvalue weighted by molar-refractivity contribution is 0.199. The van der Waals surface area contributed by atoms with Gasteiger partial charge in [0.15, 0.2) is 11.5 Å². The van der Waals surface area contributed by atoms with Gasteiger partial charge in [0.1, 0.15) is 0 Å². The van der Waals surface area contributed by atoms with Gasteiger partial charge in [-0.15, -0.1) is 0 Å². The lowest BCUT2D eigenvalue weighted by atomic mass is 10.2. The maximum absolute atomic E-state index is 5.89. The van der Waals surface area contributed by atoms with Gasteiger partial charge in [0.2, 0.25) is 0 Å². The van der Waals surface area contributed by atoms with Gasteiger partial charge in [-0.05, 0) is 47.0 Å². The largest absolute Gasteiger partial charge is 0.493 e. The fourth-order valence-corrected chi connectivity index (χ4v) is 2.25. The molecule has 0 saturated carbocycles. The van der Waals surface area contributed by atoms with Gasteiger partial charge in [0.05, 0.1) is 17.7 Å². The Balaban J connectivity index is 2.97. The maximum Gasteiger partial charge on any atom is 0.175 e. The van der Waals surface area contributed by atoms with E-state index in [9.17, 15) is 0 Å². The molecule has 0 bridgehead atoms. The van der Waals surface area contributed by atoms with Crippen LogP contribution in [-0.2, 0) is 6.54 Å². The highest BCUT2D eigenvalue weighted by molar-refractivity contribution is 9.10. The van der Waals surface area contributed by atoms with Crippen LogP contribution in [0.5, 0.6) is 11.5 Å². The van der Waals surface area contributed by atoms with Crippen molar-refractivity contribution >= 4 is 15.9 Å². The molecule has 0 aliphatic heterocycles. The molecular formula is C13H20BrNO2. The molecule has 1 aromatic rings. The van der Waals surface area contributed by atoms with Crippen molar-refractivity contribution in [1.82, 2.24) is 0 Å². The Kier molecular flexibility index (Phi) is 5.78. The summed E-state index contributed by atoms with van der Waals surface area (Å²) in [5, 5.41) is 0. The van der Waals surface area contributed by atoms with Gasteiger partial charge in [-0.25, -0.2) is 0 Å². The third-order valence-electron chi connectivity index (χ3n) is 2.54. The van der Waals surface area contributed by atoms with Crippen LogP contribution in [0.25, 0.3) is 0 Å². The zero-order valence-electron chi connectivity index (χ0n) is 10.6. The average molecular weight is 302 g/mol. The third kappa shape index (κ3) is 3.89. The van der Waals surface area contributed by atoms with E-state index in [0.717, 1.165) is 34.4 Å². The molecule has 1 aromatic carbocycles. The number of ether oxygens (including phenoxy) is 2. The molecule has 0 saturated heterocycles. The molecule has 4 heteroatoms. The number of nitrogens with two attached hydrogens (primary N) is 1. The Morgan fingerprint density at radius 2 is 2.12 bits per heavy atom. The Morgan fingerprint density at radius 1 is 1.41 bits per heavy atom. The number of benzene rings is 1. The molecule has 3 nitrogen and oxygen atoms in total. The summed E-state index contributed by atoms with van der Waals surface area (Å²) < 4.78 is 12.1. The second-order valence-corrected chi connectivity index (χ2v) is 4.88. The summed E-state index contributed by atoms with van der Waals surface area (Å²) in [5.74, 6) is 1.48. The fourth-order valence-electron chi connectivity index (χ4n) is 1.67. The van der Waals surface area contributed by atoms with E-state index in [1.165, 1.54) is 0 Å². The molecule has 96 valence electrons. The third-order valence-corrected chi connectivity index (χ3v) is 3.13. The Bertz CT molecular complexity index is 369. The molecule has 17 heavy (non-hydrogen) atoms. The highest BCUT2D eigenvalue weighted by Crippen LogP contribution is 2.37. The summed E-state index contributed by atoms with van der Waals surface area (Å²) in [6.45, 7) is 4.69. The highest BCUT2D eigenvalue weighted by atomic mass is 79.9. The summed E-state index contributed by atoms with van der Waals surface area (Å²) in [6, 6.07) is 3.88. The number of hydrogen-bond acceptors (Lipinski definition) is 3. The number of rotatable bonds is 6. The van der Waals surface area contributed by atoms with Crippen LogP contribution in [0.3, 0.4) is 0 Å². The second kappa shape index (κ2) is 6.87. The van der Waals surface area contributed by atoms with E-state index in [1.807, 2.05) is 12.1 Å². The summed E-state index contributed by atoms with van der Waals surface area (Å²) >= 11 is 3.50. The van der Waals surface area contributed by atoms with Crippen molar-refractivity contribution < 1.29 is 9.47 Å². The topological polar surface area (TPSA) is 44.5 Å². The molecule has 2 N–H and O–H groups in total. The van der Waals surface area contributed by atoms with Crippen molar-refractivity contribution in [3.63, 3.8) is 0 Å². The first-order chi connectivity index (χ1) is 8.12. The van der Waals surface area contributed by atoms with Crippen LogP contribution < -0.4 is 15.2 Å². The maximum atomic E-state index is 5.89. The van der Waals surface area contributed by atoms with Crippen LogP contribution in [0.4, 0.5) is 0 Å². The van der Waals surface area contributed by atoms with E-state index in [4.69, 9.17) is 15.2 Å². The first kappa shape index (κ1) is 14.3. The van der Waals surface area contributed by atoms with Gasteiger partial charge in [0, 0.05) is 6.54 Å². The van der Waals surface area contributed by atoms with Crippen molar-refractivity contribution in [2.75, 3.05) is 7.11 Å². The molecule has 0 radical (unpaired) electrons. The van der Waals surface area contributed by atoms with Crippen molar-refractivity contribution in [2.45, 2.75) is 39.3 Å². The molecule has 0 aliphatic rings. The van der Waals surface area contributed by atoms with Crippen molar-refractivity contribution in [3.05, 3.63) is 22.2 Å². The van der Waals surface area contributed by atoms with Crippen LogP contribution in [0.1, 0.15) is 32.3 Å². The quantitative estimate of drug-likeness (QED) is 0.875. The van der Waals surface area contributed by atoms with Gasteiger partial charge in [-0.3, -0.25) is 0 Å². The molecule has 0 aromatic heterocycles. The summed E-state index contributed by atoms with van der Waals surface area (Å²) in [5.41, 5.74) is 6.64. The van der Waals surface area contributed by atoms with E-state index in [2.05, 4.69) is 29.8 Å². The van der Waals surface area contributed by atoms with E-state index in [-0.39, 0.29) is 6.10 Å². The molecule has 1 rings (SSSR count). The zero-order valence-corrected chi connectivity index (χ0v) is 12.2. The lowest BCUT2D eigenvalue weighted by Crippen LogP contribution is -2.12. The Morgan fingerprint density at radius 3 is 2.65 bits per heavy atom. The van der Waals surface area contributed by atoms with Crippen LogP contribution in [0.15, 0.2) is 16.6 Å². The van der Waals surface area contributed by atoms with Crippen molar-refractivity contribution in [1.29, 1.82) is 0 Å². The molecular weight excluding hydrogens is 282 g/mol. The van der Waals surface area contributed by atoms with Gasteiger partial charge < -0.3 is 15.2 Å². The normalized spacial score (nSPS) is 12.3. The van der Waals surface area contributed by atoms with E-state index in [1.54, 1.807) is 7.11 Å². The van der Waals surface area contributed by atoms with Gasteiger partial charge in [-0.1, -0.05) is 13.3 Å². The lowest BCUT2D eigenvalue weighted by Gasteiger charge is -2.18. The summed E-state index contributed by atoms with van der Waals surface area (Å²) in [4.78, 5) is 0. The van der Waals surface area contributed by atoms with E-state index < -0.39 is 0 Å². The predicted molar refractivity (Wildman–Crippen MR) is 73.6 cm³/mol. The summed E-state index contributed by atoms with van der Waals surface area (Å²) in [7, 11) is 1.64. The number of hydrogen-bond donors (Lipinski definition) is 1. The minimum absolute atomic E-state index is 0.175. The smallest absolute Gasteiger partial charge is 0.175 e. The average Bonchev–Trinajstić information content (AvgIpc) is 2.31. The number of halogens is 1. The van der Waals surface area contributed by atoms with Gasteiger partial charge in [0.25, 0.3) is 0 Å². The molecule has 0 fully saturated rings. The first-order valence-corrected chi connectivity index (χ1v) is 6.64. The van der Waals surface area contributed by atoms with Crippen LogP contribution in [0.2, 0.25) is 0 Å². The minimum Gasteiger partial charge on any atom is -0.493 e. The molecule has 0 heterocycles. The standard InChI is InChI=1S/C13H20BrNO2/c1-4-5-9(2)17-13-11(14)6-10(8-15)7-12(13)16-3/h6-7,9H,4-5,8,15H2,1-3H3. The molecule has 0 spiro atoms. The highest BCUT2D eigenvalue weighted by Gasteiger charge is 2.13. The molecule has 0 amide bonds. The molecule has 1 atom stereocenters. The Hall–Kier alpha value is -0.740. The van der Waals surface area contributed by atoms with Crippen molar-refractivity contribution in [3.8, 4) is 11.5 Å². The monoisotopic (exact) mass is 301 g/mol. The van der Waals surface area contributed by atoms with Crippen LogP contribution in [0, 0.1) is 0 Å². The zero-order chi connectivity index (χ0) is 12.8. The fraction of sp³-hybridized carbons (Fsp3) is 0.538. The van der Waals surface area contributed by atoms with E-state index >= 15 is 0 Å². The first-order valence-electron chi connectivity index (χ1n) is 5.85. The predicted octanol–water partition coefficient (Wildman–Crippen LogP) is 3.48. The summed E-state index contributed by atoms with van der Waals surface area (Å²) in [6.07, 6.45) is 2.30. The Labute approximate surface area is 111 Å². The SMILES string of the molecule is CCCC(C)Oc1c(Br)cc(CN)cc1OC. The van der Waals surface area contributed by atoms with E-state index in [0.29, 0.717) is 6.54 Å². The second-order valence-electron chi connectivity index (χ2n) is 4.03. The van der Waals surface area contributed by atoms with Crippen LogP contribution >= 0.6 is 15.9 Å². The van der Waals surface area contributed by atoms with Gasteiger partial charge >= 0.3 is 0 Å². The van der Waals surface area contributed by atoms with Crippen molar-refractivity contribution in [2.24, 2.45) is 5.73 Å². The molecule has 0 aliphatic carbocycles. The van der Waals surface area contributed by atoms with Gasteiger partial charge in [-0.2, -0.15) is 0 Å². The number of methoxy groups -OCH3 is 1. The minimum atomic E-state index is 0.175. The molecule has 1 unspecified atom stereocenters.